The van der Waals surface area contributed by atoms with E-state index in [0.717, 1.165) is 24.0 Å². The van der Waals surface area contributed by atoms with Crippen LogP contribution in [-0.4, -0.2) is 16.5 Å². The number of benzene rings is 1. The van der Waals surface area contributed by atoms with Crippen LogP contribution in [0.25, 0.3) is 11.0 Å². The second kappa shape index (κ2) is 6.13. The molecule has 1 unspecified atom stereocenters. The minimum Gasteiger partial charge on any atom is -0.309 e. The van der Waals surface area contributed by atoms with E-state index in [1.54, 1.807) is 12.4 Å². The number of hydrogen-bond donors (Lipinski definition) is 1. The highest BCUT2D eigenvalue weighted by Gasteiger charge is 2.10. The van der Waals surface area contributed by atoms with E-state index in [9.17, 15) is 0 Å². The number of rotatable bonds is 5. The van der Waals surface area contributed by atoms with Gasteiger partial charge in [-0.05, 0) is 30.7 Å². The predicted octanol–water partition coefficient (Wildman–Crippen LogP) is 2.69. The highest BCUT2D eigenvalue weighted by atomic mass is 14.9. The van der Waals surface area contributed by atoms with E-state index in [1.807, 2.05) is 6.07 Å². The van der Waals surface area contributed by atoms with Gasteiger partial charge in [0.1, 0.15) is 0 Å². The molecule has 0 radical (unpaired) electrons. The average molecular weight is 239 g/mol. The molecule has 1 atom stereocenters. The lowest BCUT2D eigenvalue weighted by Crippen LogP contribution is -2.21. The maximum absolute atomic E-state index is 5.43. The van der Waals surface area contributed by atoms with E-state index in [1.165, 1.54) is 5.56 Å². The van der Waals surface area contributed by atoms with Gasteiger partial charge in [-0.15, -0.1) is 12.3 Å². The van der Waals surface area contributed by atoms with E-state index in [4.69, 9.17) is 6.42 Å². The zero-order chi connectivity index (χ0) is 12.8. The van der Waals surface area contributed by atoms with Crippen LogP contribution in [0.15, 0.2) is 30.6 Å². The first-order valence-corrected chi connectivity index (χ1v) is 6.22. The van der Waals surface area contributed by atoms with Crippen molar-refractivity contribution in [3.63, 3.8) is 0 Å². The van der Waals surface area contributed by atoms with E-state index < -0.39 is 0 Å². The van der Waals surface area contributed by atoms with Crippen LogP contribution < -0.4 is 5.32 Å². The number of terminal acetylenes is 1. The molecule has 0 aliphatic heterocycles. The number of nitrogens with one attached hydrogen (secondary N) is 1. The Kier molecular flexibility index (Phi) is 4.27. The average Bonchev–Trinajstić information content (AvgIpc) is 2.43. The molecule has 0 spiro atoms. The first-order chi connectivity index (χ1) is 8.85. The maximum Gasteiger partial charge on any atom is 0.0890 e. The molecule has 0 bridgehead atoms. The van der Waals surface area contributed by atoms with Gasteiger partial charge in [-0.3, -0.25) is 9.97 Å². The summed E-state index contributed by atoms with van der Waals surface area (Å²) >= 11 is 0. The number of fused-ring (bicyclic) bond motifs is 1. The van der Waals surface area contributed by atoms with Crippen LogP contribution in [0.4, 0.5) is 0 Å². The molecule has 3 nitrogen and oxygen atoms in total. The van der Waals surface area contributed by atoms with Gasteiger partial charge in [0.2, 0.25) is 0 Å². The second-order valence-corrected chi connectivity index (χ2v) is 4.22. The third kappa shape index (κ3) is 2.85. The van der Waals surface area contributed by atoms with Crippen LogP contribution in [0.5, 0.6) is 0 Å². The normalized spacial score (nSPS) is 12.2. The van der Waals surface area contributed by atoms with Crippen molar-refractivity contribution in [3.05, 3.63) is 36.2 Å². The maximum atomic E-state index is 5.43. The molecule has 0 saturated carbocycles. The first-order valence-electron chi connectivity index (χ1n) is 6.22. The number of aromatic nitrogens is 2. The fourth-order valence-corrected chi connectivity index (χ4v) is 1.94. The lowest BCUT2D eigenvalue weighted by Gasteiger charge is -2.16. The van der Waals surface area contributed by atoms with Gasteiger partial charge in [0.05, 0.1) is 11.0 Å². The van der Waals surface area contributed by atoms with E-state index in [0.29, 0.717) is 6.42 Å². The second-order valence-electron chi connectivity index (χ2n) is 4.22. The molecule has 0 aliphatic carbocycles. The van der Waals surface area contributed by atoms with E-state index in [2.05, 4.69) is 40.3 Å². The van der Waals surface area contributed by atoms with Crippen molar-refractivity contribution in [2.75, 3.05) is 6.54 Å². The quantitative estimate of drug-likeness (QED) is 0.815. The topological polar surface area (TPSA) is 37.8 Å². The van der Waals surface area contributed by atoms with Crippen LogP contribution in [0.1, 0.15) is 31.4 Å². The van der Waals surface area contributed by atoms with Gasteiger partial charge in [0, 0.05) is 24.9 Å². The van der Waals surface area contributed by atoms with Crippen molar-refractivity contribution in [1.82, 2.24) is 15.3 Å². The Morgan fingerprint density at radius 2 is 2.06 bits per heavy atom. The zero-order valence-corrected chi connectivity index (χ0v) is 10.6. The Balaban J connectivity index is 2.29. The Morgan fingerprint density at radius 1 is 1.28 bits per heavy atom. The van der Waals surface area contributed by atoms with Gasteiger partial charge in [-0.25, -0.2) is 0 Å². The van der Waals surface area contributed by atoms with Crippen molar-refractivity contribution in [1.29, 1.82) is 0 Å². The van der Waals surface area contributed by atoms with Gasteiger partial charge < -0.3 is 5.32 Å². The zero-order valence-electron chi connectivity index (χ0n) is 10.6. The highest BCUT2D eigenvalue weighted by molar-refractivity contribution is 5.74. The monoisotopic (exact) mass is 239 g/mol. The van der Waals surface area contributed by atoms with Gasteiger partial charge in [-0.2, -0.15) is 0 Å². The van der Waals surface area contributed by atoms with Crippen molar-refractivity contribution in [3.8, 4) is 12.3 Å². The van der Waals surface area contributed by atoms with Crippen LogP contribution in [0.2, 0.25) is 0 Å². The van der Waals surface area contributed by atoms with Gasteiger partial charge in [-0.1, -0.05) is 13.0 Å². The lowest BCUT2D eigenvalue weighted by molar-refractivity contribution is 0.543. The molecular formula is C15H17N3. The summed E-state index contributed by atoms with van der Waals surface area (Å²) in [6.45, 7) is 3.11. The molecule has 18 heavy (non-hydrogen) atoms. The summed E-state index contributed by atoms with van der Waals surface area (Å²) in [7, 11) is 0. The third-order valence-electron chi connectivity index (χ3n) is 2.86. The summed E-state index contributed by atoms with van der Waals surface area (Å²) in [6, 6.07) is 6.32. The van der Waals surface area contributed by atoms with E-state index in [-0.39, 0.29) is 6.04 Å². The SMILES string of the molecule is C#CCC(NCCC)c1ccc2nccnc2c1. The Hall–Kier alpha value is -1.92. The largest absolute Gasteiger partial charge is 0.309 e. The molecule has 3 heteroatoms. The molecule has 1 aromatic carbocycles. The summed E-state index contributed by atoms with van der Waals surface area (Å²) in [5.74, 6) is 2.72. The summed E-state index contributed by atoms with van der Waals surface area (Å²) in [6.07, 6.45) is 10.6. The lowest BCUT2D eigenvalue weighted by atomic mass is 10.0. The molecule has 92 valence electrons. The van der Waals surface area contributed by atoms with Crippen LogP contribution in [0, 0.1) is 12.3 Å². The third-order valence-corrected chi connectivity index (χ3v) is 2.86. The molecule has 0 saturated heterocycles. The van der Waals surface area contributed by atoms with Gasteiger partial charge in [0.25, 0.3) is 0 Å². The number of nitrogens with zero attached hydrogens (tertiary/aromatic N) is 2. The molecular weight excluding hydrogens is 222 g/mol. The molecule has 2 aromatic rings. The summed E-state index contributed by atoms with van der Waals surface area (Å²) in [4.78, 5) is 8.59. The minimum atomic E-state index is 0.196. The van der Waals surface area contributed by atoms with Crippen LogP contribution in [-0.2, 0) is 0 Å². The molecule has 0 aliphatic rings. The fraction of sp³-hybridized carbons (Fsp3) is 0.333. The Morgan fingerprint density at radius 3 is 2.78 bits per heavy atom. The Bertz CT molecular complexity index is 557. The predicted molar refractivity (Wildman–Crippen MR) is 74.0 cm³/mol. The van der Waals surface area contributed by atoms with Crippen molar-refractivity contribution in [2.45, 2.75) is 25.8 Å². The highest BCUT2D eigenvalue weighted by Crippen LogP contribution is 2.20. The number of hydrogen-bond acceptors (Lipinski definition) is 3. The summed E-state index contributed by atoms with van der Waals surface area (Å²) in [5.41, 5.74) is 3.00. The molecule has 2 rings (SSSR count). The van der Waals surface area contributed by atoms with Crippen LogP contribution >= 0.6 is 0 Å². The standard InChI is InChI=1S/C15H17N3/c1-3-5-13(16-8-4-2)12-6-7-14-15(11-12)18-10-9-17-14/h1,6-7,9-11,13,16H,4-5,8H2,2H3. The molecule has 0 fully saturated rings. The molecule has 1 heterocycles. The van der Waals surface area contributed by atoms with Gasteiger partial charge >= 0.3 is 0 Å². The van der Waals surface area contributed by atoms with E-state index >= 15 is 0 Å². The Labute approximate surface area is 108 Å². The van der Waals surface area contributed by atoms with Crippen molar-refractivity contribution >= 4 is 11.0 Å². The van der Waals surface area contributed by atoms with Gasteiger partial charge in [0.15, 0.2) is 0 Å². The minimum absolute atomic E-state index is 0.196. The summed E-state index contributed by atoms with van der Waals surface area (Å²) in [5, 5.41) is 3.46. The molecule has 0 amide bonds. The van der Waals surface area contributed by atoms with Crippen molar-refractivity contribution < 1.29 is 0 Å². The summed E-state index contributed by atoms with van der Waals surface area (Å²) < 4.78 is 0. The van der Waals surface area contributed by atoms with Crippen LogP contribution in [0.3, 0.4) is 0 Å². The smallest absolute Gasteiger partial charge is 0.0890 e. The van der Waals surface area contributed by atoms with Crippen molar-refractivity contribution in [2.24, 2.45) is 0 Å². The molecule has 1 N–H and O–H groups in total. The molecule has 1 aromatic heterocycles. The first kappa shape index (κ1) is 12.5. The fourth-order valence-electron chi connectivity index (χ4n) is 1.94.